The summed E-state index contributed by atoms with van der Waals surface area (Å²) in [6, 6.07) is 3.69. The molecule has 19 heavy (non-hydrogen) atoms. The monoisotopic (exact) mass is 301 g/mol. The van der Waals surface area contributed by atoms with E-state index < -0.39 is 11.1 Å². The second-order valence-corrected chi connectivity index (χ2v) is 5.25. The van der Waals surface area contributed by atoms with Crippen molar-refractivity contribution in [3.05, 3.63) is 34.2 Å². The second-order valence-electron chi connectivity index (χ2n) is 4.16. The zero-order chi connectivity index (χ0) is 14.6. The number of halogens is 1. The van der Waals surface area contributed by atoms with Crippen LogP contribution in [0.15, 0.2) is 17.5 Å². The number of anilines is 1. The molecule has 1 N–H and O–H groups in total. The van der Waals surface area contributed by atoms with Crippen LogP contribution in [0.4, 0.5) is 5.69 Å². The molecular formula is C13H16ClNO3S. The Morgan fingerprint density at radius 2 is 1.95 bits per heavy atom. The van der Waals surface area contributed by atoms with Crippen molar-refractivity contribution in [3.8, 4) is 0 Å². The van der Waals surface area contributed by atoms with E-state index in [1.165, 1.54) is 10.3 Å². The van der Waals surface area contributed by atoms with Gasteiger partial charge in [0.2, 0.25) is 5.91 Å². The predicted octanol–water partition coefficient (Wildman–Crippen LogP) is 2.70. The topological polar surface area (TPSA) is 57.6 Å². The zero-order valence-electron chi connectivity index (χ0n) is 11.0. The third-order valence-electron chi connectivity index (χ3n) is 2.81. The van der Waals surface area contributed by atoms with Crippen LogP contribution in [0, 0.1) is 13.8 Å². The number of hydrogen-bond acceptors (Lipinski definition) is 2. The maximum absolute atomic E-state index is 11.5. The van der Waals surface area contributed by atoms with Gasteiger partial charge in [-0.2, -0.15) is 0 Å². The highest BCUT2D eigenvalue weighted by atomic mass is 35.5. The van der Waals surface area contributed by atoms with Crippen molar-refractivity contribution < 1.29 is 13.6 Å². The number of aryl methyl sites for hydroxylation is 2. The van der Waals surface area contributed by atoms with Crippen molar-refractivity contribution in [1.82, 2.24) is 0 Å². The zero-order valence-corrected chi connectivity index (χ0v) is 12.6. The van der Waals surface area contributed by atoms with Crippen molar-refractivity contribution in [2.45, 2.75) is 13.8 Å². The summed E-state index contributed by atoms with van der Waals surface area (Å²) in [6.45, 7) is 3.77. The number of carbonyl (C=O) groups excluding carboxylic acids is 1. The maximum Gasteiger partial charge on any atom is 0.241 e. The van der Waals surface area contributed by atoms with Gasteiger partial charge in [0.25, 0.3) is 0 Å². The lowest BCUT2D eigenvalue weighted by Gasteiger charge is -2.18. The number of nitrogens with zero attached hydrogens (tertiary/aromatic N) is 1. The maximum atomic E-state index is 11.5. The number of amides is 1. The van der Waals surface area contributed by atoms with Gasteiger partial charge in [-0.3, -0.25) is 4.79 Å². The predicted molar refractivity (Wildman–Crippen MR) is 79.9 cm³/mol. The Labute approximate surface area is 120 Å². The first-order chi connectivity index (χ1) is 8.86. The van der Waals surface area contributed by atoms with Crippen LogP contribution in [0.3, 0.4) is 0 Å². The van der Waals surface area contributed by atoms with E-state index >= 15 is 0 Å². The summed E-state index contributed by atoms with van der Waals surface area (Å²) in [5.74, 6) is -0.250. The quantitative estimate of drug-likeness (QED) is 0.687. The summed E-state index contributed by atoms with van der Waals surface area (Å²) in [5, 5.41) is 1.21. The van der Waals surface area contributed by atoms with Gasteiger partial charge >= 0.3 is 0 Å². The third kappa shape index (κ3) is 4.16. The van der Waals surface area contributed by atoms with Gasteiger partial charge in [0.15, 0.2) is 11.1 Å². The van der Waals surface area contributed by atoms with E-state index in [0.717, 1.165) is 22.4 Å². The summed E-state index contributed by atoms with van der Waals surface area (Å²) in [5.41, 5.74) is 3.47. The van der Waals surface area contributed by atoms with E-state index in [0.29, 0.717) is 0 Å². The first kappa shape index (κ1) is 15.9. The van der Waals surface area contributed by atoms with Crippen LogP contribution >= 0.6 is 11.6 Å². The Kier molecular flexibility index (Phi) is 5.72. The van der Waals surface area contributed by atoms with Crippen molar-refractivity contribution in [2.75, 3.05) is 17.8 Å². The first-order valence-corrected chi connectivity index (χ1v) is 7.29. The van der Waals surface area contributed by atoms with E-state index in [4.69, 9.17) is 16.2 Å². The summed E-state index contributed by atoms with van der Waals surface area (Å²) in [4.78, 5) is 13.0. The van der Waals surface area contributed by atoms with E-state index in [2.05, 4.69) is 0 Å². The van der Waals surface area contributed by atoms with Gasteiger partial charge in [-0.05, 0) is 48.7 Å². The lowest BCUT2D eigenvalue weighted by molar-refractivity contribution is -0.116. The van der Waals surface area contributed by atoms with E-state index in [9.17, 15) is 9.00 Å². The molecule has 1 atom stereocenters. The molecule has 1 amide bonds. The van der Waals surface area contributed by atoms with Crippen LogP contribution in [-0.2, 0) is 15.9 Å². The smallest absolute Gasteiger partial charge is 0.241 e. The molecule has 6 heteroatoms. The van der Waals surface area contributed by atoms with Crippen molar-refractivity contribution in [3.63, 3.8) is 0 Å². The molecule has 1 aromatic rings. The molecule has 0 bridgehead atoms. The Hall–Kier alpha value is -1.17. The van der Waals surface area contributed by atoms with Crippen LogP contribution in [0.2, 0.25) is 0 Å². The number of alkyl halides is 1. The number of hydrogen-bond donors (Lipinski definition) is 1. The molecule has 0 aliphatic carbocycles. The largest absolute Gasteiger partial charge is 0.314 e. The minimum atomic E-state index is -1.97. The Morgan fingerprint density at radius 3 is 2.37 bits per heavy atom. The van der Waals surface area contributed by atoms with Gasteiger partial charge in [0.05, 0.1) is 0 Å². The van der Waals surface area contributed by atoms with Gasteiger partial charge in [-0.25, -0.2) is 4.21 Å². The standard InChI is InChI=1S/C13H16ClNO3S/c1-9-6-11(15(3)13(16)8-14)7-10(2)12(9)4-5-19(17)18/h4-7H,8H2,1-3H3,(H,17,18)/b5-4+. The van der Waals surface area contributed by atoms with E-state index in [1.54, 1.807) is 13.1 Å². The highest BCUT2D eigenvalue weighted by Gasteiger charge is 2.11. The number of carbonyl (C=O) groups is 1. The fraction of sp³-hybridized carbons (Fsp3) is 0.308. The molecule has 4 nitrogen and oxygen atoms in total. The van der Waals surface area contributed by atoms with E-state index in [1.807, 2.05) is 26.0 Å². The lowest BCUT2D eigenvalue weighted by Crippen LogP contribution is -2.27. The van der Waals surface area contributed by atoms with Gasteiger partial charge in [0.1, 0.15) is 5.88 Å². The minimum Gasteiger partial charge on any atom is -0.314 e. The molecule has 1 unspecified atom stereocenters. The fourth-order valence-corrected chi connectivity index (χ4v) is 2.20. The molecule has 0 aromatic heterocycles. The molecule has 0 fully saturated rings. The first-order valence-electron chi connectivity index (χ1n) is 5.58. The van der Waals surface area contributed by atoms with Gasteiger partial charge in [-0.15, -0.1) is 11.6 Å². The lowest BCUT2D eigenvalue weighted by atomic mass is 10.0. The molecule has 0 saturated heterocycles. The second kappa shape index (κ2) is 6.84. The third-order valence-corrected chi connectivity index (χ3v) is 3.40. The van der Waals surface area contributed by atoms with Crippen molar-refractivity contribution in [1.29, 1.82) is 0 Å². The van der Waals surface area contributed by atoms with Gasteiger partial charge in [0, 0.05) is 18.1 Å². The van der Waals surface area contributed by atoms with E-state index in [-0.39, 0.29) is 11.8 Å². The van der Waals surface area contributed by atoms with Gasteiger partial charge < -0.3 is 9.45 Å². The highest BCUT2D eigenvalue weighted by molar-refractivity contribution is 7.82. The average molecular weight is 302 g/mol. The highest BCUT2D eigenvalue weighted by Crippen LogP contribution is 2.24. The van der Waals surface area contributed by atoms with Gasteiger partial charge in [-0.1, -0.05) is 0 Å². The normalized spacial score (nSPS) is 12.7. The molecule has 0 heterocycles. The molecule has 0 saturated carbocycles. The minimum absolute atomic E-state index is 0.0697. The summed E-state index contributed by atoms with van der Waals surface area (Å²) >= 11 is 3.56. The van der Waals surface area contributed by atoms with Crippen LogP contribution in [-0.4, -0.2) is 27.6 Å². The molecular weight excluding hydrogens is 286 g/mol. The van der Waals surface area contributed by atoms with Crippen LogP contribution < -0.4 is 4.90 Å². The average Bonchev–Trinajstić information content (AvgIpc) is 2.35. The van der Waals surface area contributed by atoms with Crippen molar-refractivity contribution >= 4 is 40.4 Å². The molecule has 1 rings (SSSR count). The Bertz CT molecular complexity index is 520. The van der Waals surface area contributed by atoms with Crippen molar-refractivity contribution in [2.24, 2.45) is 0 Å². The molecule has 104 valence electrons. The fourth-order valence-electron chi connectivity index (χ4n) is 1.77. The molecule has 1 aromatic carbocycles. The van der Waals surface area contributed by atoms with Crippen LogP contribution in [0.25, 0.3) is 6.08 Å². The SMILES string of the molecule is Cc1cc(N(C)C(=O)CCl)cc(C)c1/C=C/S(=O)O. The number of rotatable bonds is 4. The summed E-state index contributed by atoms with van der Waals surface area (Å²) in [6.07, 6.45) is 1.61. The summed E-state index contributed by atoms with van der Waals surface area (Å²) < 4.78 is 19.4. The molecule has 0 spiro atoms. The summed E-state index contributed by atoms with van der Waals surface area (Å²) in [7, 11) is 1.66. The Balaban J connectivity index is 3.16. The molecule has 0 aliphatic rings. The van der Waals surface area contributed by atoms with Crippen LogP contribution in [0.5, 0.6) is 0 Å². The number of benzene rings is 1. The molecule has 0 aliphatic heterocycles. The van der Waals surface area contributed by atoms with Crippen LogP contribution in [0.1, 0.15) is 16.7 Å². The molecule has 0 radical (unpaired) electrons. The Morgan fingerprint density at radius 1 is 1.42 bits per heavy atom.